The second kappa shape index (κ2) is 10.0. The number of nitrogens with one attached hydrogen (secondary N) is 1. The third kappa shape index (κ3) is 4.36. The number of carbonyl (C=O) groups excluding carboxylic acids is 3. The fraction of sp³-hybridized carbons (Fsp3) is 0.519. The van der Waals surface area contributed by atoms with Gasteiger partial charge >= 0.3 is 11.9 Å². The van der Waals surface area contributed by atoms with E-state index < -0.39 is 23.8 Å². The van der Waals surface area contributed by atoms with E-state index in [1.807, 2.05) is 38.1 Å². The average molecular weight is 468 g/mol. The molecule has 1 aliphatic heterocycles. The lowest BCUT2D eigenvalue weighted by Crippen LogP contribution is -2.43. The lowest BCUT2D eigenvalue weighted by molar-refractivity contribution is -0.151. The standard InChI is InChI=1S/C27H33NO6/c1-15-14-19-24(25(29)21(15)26(30)33-4)23(18-12-8-9-13-20(18)32-3)22(16(2)28-19)27(31)34-17-10-6-5-7-11-17/h8-9,12-13,15,17,21,23,28H,5-7,10-11,14H2,1-4H3/t15-,21+,23-/m0/s1. The number of hydrogen-bond donors (Lipinski definition) is 1. The molecule has 0 radical (unpaired) electrons. The minimum absolute atomic E-state index is 0.125. The Balaban J connectivity index is 1.82. The molecule has 1 aromatic carbocycles. The van der Waals surface area contributed by atoms with E-state index in [4.69, 9.17) is 14.2 Å². The summed E-state index contributed by atoms with van der Waals surface area (Å²) in [5, 5.41) is 3.31. The van der Waals surface area contributed by atoms with Crippen molar-refractivity contribution in [1.29, 1.82) is 0 Å². The number of esters is 2. The summed E-state index contributed by atoms with van der Waals surface area (Å²) in [5.41, 5.74) is 2.90. The molecular weight excluding hydrogens is 434 g/mol. The number of Topliss-reactive ketones (excluding diaryl/α,β-unsaturated/α-hetero) is 1. The van der Waals surface area contributed by atoms with E-state index in [2.05, 4.69) is 5.32 Å². The molecule has 182 valence electrons. The number of allylic oxidation sites excluding steroid dienone is 3. The summed E-state index contributed by atoms with van der Waals surface area (Å²) in [4.78, 5) is 40.0. The molecule has 0 amide bonds. The van der Waals surface area contributed by atoms with Gasteiger partial charge in [-0.05, 0) is 51.0 Å². The zero-order chi connectivity index (χ0) is 24.4. The van der Waals surface area contributed by atoms with Crippen LogP contribution in [0.5, 0.6) is 5.75 Å². The molecule has 1 N–H and O–H groups in total. The lowest BCUT2D eigenvalue weighted by atomic mass is 9.69. The van der Waals surface area contributed by atoms with Crippen molar-refractivity contribution in [2.75, 3.05) is 14.2 Å². The van der Waals surface area contributed by atoms with Crippen molar-refractivity contribution in [2.45, 2.75) is 64.4 Å². The molecule has 1 heterocycles. The summed E-state index contributed by atoms with van der Waals surface area (Å²) in [5.74, 6) is -2.58. The Hall–Kier alpha value is -3.09. The zero-order valence-electron chi connectivity index (χ0n) is 20.3. The Morgan fingerprint density at radius 1 is 1.06 bits per heavy atom. The van der Waals surface area contributed by atoms with E-state index >= 15 is 0 Å². The molecule has 0 aromatic heterocycles. The Bertz CT molecular complexity index is 1050. The minimum atomic E-state index is -0.920. The number of rotatable bonds is 5. The molecule has 3 aliphatic rings. The zero-order valence-corrected chi connectivity index (χ0v) is 20.3. The van der Waals surface area contributed by atoms with Crippen LogP contribution in [0.4, 0.5) is 0 Å². The number of carbonyl (C=O) groups is 3. The molecule has 3 atom stereocenters. The van der Waals surface area contributed by atoms with Crippen molar-refractivity contribution in [1.82, 2.24) is 5.32 Å². The van der Waals surface area contributed by atoms with Gasteiger partial charge in [-0.1, -0.05) is 31.5 Å². The maximum atomic E-state index is 13.8. The van der Waals surface area contributed by atoms with Gasteiger partial charge < -0.3 is 19.5 Å². The topological polar surface area (TPSA) is 90.9 Å². The summed E-state index contributed by atoms with van der Waals surface area (Å²) in [6.45, 7) is 3.71. The summed E-state index contributed by atoms with van der Waals surface area (Å²) in [6, 6.07) is 7.37. The van der Waals surface area contributed by atoms with Gasteiger partial charge in [0.25, 0.3) is 0 Å². The van der Waals surface area contributed by atoms with Crippen molar-refractivity contribution in [3.63, 3.8) is 0 Å². The molecule has 34 heavy (non-hydrogen) atoms. The molecule has 2 aliphatic carbocycles. The van der Waals surface area contributed by atoms with Crippen LogP contribution in [0.3, 0.4) is 0 Å². The number of para-hydroxylation sites is 1. The second-order valence-corrected chi connectivity index (χ2v) is 9.44. The summed E-state index contributed by atoms with van der Waals surface area (Å²) in [7, 11) is 2.86. The summed E-state index contributed by atoms with van der Waals surface area (Å²) < 4.78 is 16.5. The highest BCUT2D eigenvalue weighted by atomic mass is 16.5. The van der Waals surface area contributed by atoms with Gasteiger partial charge in [-0.3, -0.25) is 9.59 Å². The molecule has 0 saturated heterocycles. The third-order valence-corrected chi connectivity index (χ3v) is 7.24. The van der Waals surface area contributed by atoms with Crippen LogP contribution in [0, 0.1) is 11.8 Å². The van der Waals surface area contributed by atoms with Gasteiger partial charge in [0.05, 0.1) is 25.7 Å². The summed E-state index contributed by atoms with van der Waals surface area (Å²) >= 11 is 0. The predicted octanol–water partition coefficient (Wildman–Crippen LogP) is 4.18. The maximum absolute atomic E-state index is 13.8. The first-order valence-electron chi connectivity index (χ1n) is 12.0. The smallest absolute Gasteiger partial charge is 0.337 e. The SMILES string of the molecule is COC(=O)[C@H]1C(=O)C2=C(C[C@@H]1C)NC(C)=C(C(=O)OC1CCCCC1)[C@@H]2c1ccccc1OC. The molecule has 0 unspecified atom stereocenters. The van der Waals surface area contributed by atoms with Crippen molar-refractivity contribution < 1.29 is 28.6 Å². The average Bonchev–Trinajstić information content (AvgIpc) is 2.83. The number of hydrogen-bond acceptors (Lipinski definition) is 7. The molecule has 1 fully saturated rings. The monoisotopic (exact) mass is 467 g/mol. The number of ketones is 1. The third-order valence-electron chi connectivity index (χ3n) is 7.24. The van der Waals surface area contributed by atoms with Gasteiger partial charge in [-0.25, -0.2) is 4.79 Å². The van der Waals surface area contributed by atoms with E-state index in [0.29, 0.717) is 34.6 Å². The van der Waals surface area contributed by atoms with E-state index in [9.17, 15) is 14.4 Å². The number of methoxy groups -OCH3 is 2. The Morgan fingerprint density at radius 2 is 1.76 bits per heavy atom. The fourth-order valence-corrected chi connectivity index (χ4v) is 5.56. The predicted molar refractivity (Wildman–Crippen MR) is 126 cm³/mol. The highest BCUT2D eigenvalue weighted by Crippen LogP contribution is 2.47. The normalized spacial score (nSPS) is 25.4. The van der Waals surface area contributed by atoms with Crippen LogP contribution in [0.1, 0.15) is 63.9 Å². The first-order valence-corrected chi connectivity index (χ1v) is 12.0. The summed E-state index contributed by atoms with van der Waals surface area (Å²) in [6.07, 6.45) is 5.29. The minimum Gasteiger partial charge on any atom is -0.496 e. The van der Waals surface area contributed by atoms with Crippen molar-refractivity contribution in [3.05, 3.63) is 52.4 Å². The van der Waals surface area contributed by atoms with E-state index in [1.165, 1.54) is 7.11 Å². The molecule has 7 nitrogen and oxygen atoms in total. The maximum Gasteiger partial charge on any atom is 0.337 e. The largest absolute Gasteiger partial charge is 0.496 e. The Morgan fingerprint density at radius 3 is 2.44 bits per heavy atom. The lowest BCUT2D eigenvalue weighted by Gasteiger charge is -2.38. The van der Waals surface area contributed by atoms with Crippen LogP contribution in [-0.2, 0) is 23.9 Å². The molecule has 4 rings (SSSR count). The molecule has 0 spiro atoms. The van der Waals surface area contributed by atoms with E-state index in [1.54, 1.807) is 7.11 Å². The Kier molecular flexibility index (Phi) is 7.10. The molecule has 0 bridgehead atoms. The number of benzene rings is 1. The molecule has 1 saturated carbocycles. The Labute approximate surface area is 200 Å². The van der Waals surface area contributed by atoms with Crippen LogP contribution >= 0.6 is 0 Å². The highest BCUT2D eigenvalue weighted by Gasteiger charge is 2.48. The quantitative estimate of drug-likeness (QED) is 0.513. The van der Waals surface area contributed by atoms with Crippen LogP contribution in [0.15, 0.2) is 46.8 Å². The number of ether oxygens (including phenoxy) is 3. The number of dihydropyridines is 1. The van der Waals surface area contributed by atoms with Crippen molar-refractivity contribution in [3.8, 4) is 5.75 Å². The van der Waals surface area contributed by atoms with E-state index in [-0.39, 0.29) is 17.8 Å². The molecular formula is C27H33NO6. The van der Waals surface area contributed by atoms with Crippen LogP contribution in [-0.4, -0.2) is 38.0 Å². The second-order valence-electron chi connectivity index (χ2n) is 9.44. The van der Waals surface area contributed by atoms with Crippen molar-refractivity contribution in [2.24, 2.45) is 11.8 Å². The fourth-order valence-electron chi connectivity index (χ4n) is 5.56. The van der Waals surface area contributed by atoms with Gasteiger partial charge in [0.1, 0.15) is 17.8 Å². The van der Waals surface area contributed by atoms with Gasteiger partial charge in [0, 0.05) is 22.5 Å². The van der Waals surface area contributed by atoms with Gasteiger partial charge in [0.2, 0.25) is 0 Å². The van der Waals surface area contributed by atoms with Crippen LogP contribution in [0.25, 0.3) is 0 Å². The molecule has 1 aromatic rings. The van der Waals surface area contributed by atoms with E-state index in [0.717, 1.165) is 37.8 Å². The highest BCUT2D eigenvalue weighted by molar-refractivity contribution is 6.12. The van der Waals surface area contributed by atoms with Crippen LogP contribution in [0.2, 0.25) is 0 Å². The molecule has 7 heteroatoms. The van der Waals surface area contributed by atoms with Gasteiger partial charge in [0.15, 0.2) is 5.78 Å². The van der Waals surface area contributed by atoms with Crippen molar-refractivity contribution >= 4 is 17.7 Å². The van der Waals surface area contributed by atoms with Crippen LogP contribution < -0.4 is 10.1 Å². The van der Waals surface area contributed by atoms with Gasteiger partial charge in [-0.15, -0.1) is 0 Å². The first-order chi connectivity index (χ1) is 16.4. The van der Waals surface area contributed by atoms with Gasteiger partial charge in [-0.2, -0.15) is 0 Å². The first kappa shape index (κ1) is 24.0.